The zero-order valence-electron chi connectivity index (χ0n) is 16.0. The summed E-state index contributed by atoms with van der Waals surface area (Å²) in [4.78, 5) is 35.9. The van der Waals surface area contributed by atoms with Gasteiger partial charge in [-0.1, -0.05) is 36.4 Å². The second-order valence-electron chi connectivity index (χ2n) is 6.25. The van der Waals surface area contributed by atoms with Gasteiger partial charge in [0.2, 0.25) is 5.91 Å². The topological polar surface area (TPSA) is 93.7 Å². The summed E-state index contributed by atoms with van der Waals surface area (Å²) < 4.78 is 10.4. The van der Waals surface area contributed by atoms with E-state index in [4.69, 9.17) is 9.47 Å². The third-order valence-electron chi connectivity index (χ3n) is 4.14. The molecular formula is C22H20N2O5. The minimum atomic E-state index is -0.587. The molecule has 0 heterocycles. The van der Waals surface area contributed by atoms with Crippen LogP contribution in [-0.4, -0.2) is 31.5 Å². The fourth-order valence-electron chi connectivity index (χ4n) is 2.89. The molecule has 0 spiro atoms. The number of nitrogens with one attached hydrogen (secondary N) is 2. The van der Waals surface area contributed by atoms with E-state index >= 15 is 0 Å². The average Bonchev–Trinajstić information content (AvgIpc) is 2.71. The zero-order valence-corrected chi connectivity index (χ0v) is 16.0. The molecule has 2 N–H and O–H groups in total. The van der Waals surface area contributed by atoms with Gasteiger partial charge in [-0.3, -0.25) is 9.59 Å². The lowest BCUT2D eigenvalue weighted by Crippen LogP contribution is -2.21. The predicted molar refractivity (Wildman–Crippen MR) is 110 cm³/mol. The van der Waals surface area contributed by atoms with Crippen molar-refractivity contribution in [2.75, 3.05) is 24.4 Å². The number of hydrogen-bond donors (Lipinski definition) is 2. The minimum Gasteiger partial charge on any atom is -0.495 e. The van der Waals surface area contributed by atoms with Crippen LogP contribution in [0.4, 0.5) is 11.4 Å². The SMILES string of the molecule is COc1ccc(NC(C)=O)cc1NC(=O)COC(=O)c1cccc2ccccc12. The number of benzene rings is 3. The van der Waals surface area contributed by atoms with Crippen LogP contribution in [0.15, 0.2) is 60.7 Å². The third kappa shape index (κ3) is 4.90. The van der Waals surface area contributed by atoms with E-state index in [2.05, 4.69) is 10.6 Å². The Balaban J connectivity index is 1.68. The molecule has 3 aromatic rings. The molecule has 0 aliphatic heterocycles. The van der Waals surface area contributed by atoms with Crippen molar-refractivity contribution in [3.8, 4) is 5.75 Å². The largest absolute Gasteiger partial charge is 0.495 e. The number of rotatable bonds is 6. The van der Waals surface area contributed by atoms with Crippen molar-refractivity contribution >= 4 is 39.9 Å². The van der Waals surface area contributed by atoms with Crippen LogP contribution in [0, 0.1) is 0 Å². The summed E-state index contributed by atoms with van der Waals surface area (Å²) in [5, 5.41) is 6.92. The van der Waals surface area contributed by atoms with Crippen LogP contribution in [0.1, 0.15) is 17.3 Å². The normalized spacial score (nSPS) is 10.3. The van der Waals surface area contributed by atoms with Crippen LogP contribution < -0.4 is 15.4 Å². The number of carbonyl (C=O) groups excluding carboxylic acids is 3. The number of hydrogen-bond acceptors (Lipinski definition) is 5. The number of anilines is 2. The van der Waals surface area contributed by atoms with Gasteiger partial charge < -0.3 is 20.1 Å². The van der Waals surface area contributed by atoms with E-state index in [1.807, 2.05) is 30.3 Å². The molecule has 0 unspecified atom stereocenters. The van der Waals surface area contributed by atoms with Gasteiger partial charge in [-0.2, -0.15) is 0 Å². The summed E-state index contributed by atoms with van der Waals surface area (Å²) in [6.45, 7) is 0.921. The zero-order chi connectivity index (χ0) is 20.8. The summed E-state index contributed by atoms with van der Waals surface area (Å²) in [6.07, 6.45) is 0. The molecule has 2 amide bonds. The first kappa shape index (κ1) is 19.9. The van der Waals surface area contributed by atoms with Crippen molar-refractivity contribution in [1.29, 1.82) is 0 Å². The molecule has 0 bridgehead atoms. The van der Waals surface area contributed by atoms with E-state index < -0.39 is 18.5 Å². The fourth-order valence-corrected chi connectivity index (χ4v) is 2.89. The highest BCUT2D eigenvalue weighted by Crippen LogP contribution is 2.28. The fraction of sp³-hybridized carbons (Fsp3) is 0.136. The van der Waals surface area contributed by atoms with Gasteiger partial charge >= 0.3 is 5.97 Å². The highest BCUT2D eigenvalue weighted by molar-refractivity contribution is 6.05. The minimum absolute atomic E-state index is 0.239. The number of methoxy groups -OCH3 is 1. The molecule has 3 rings (SSSR count). The van der Waals surface area contributed by atoms with Gasteiger partial charge in [0.25, 0.3) is 5.91 Å². The first-order valence-electron chi connectivity index (χ1n) is 8.88. The monoisotopic (exact) mass is 392 g/mol. The van der Waals surface area contributed by atoms with Crippen LogP contribution in [-0.2, 0) is 14.3 Å². The molecule has 29 heavy (non-hydrogen) atoms. The first-order valence-corrected chi connectivity index (χ1v) is 8.88. The van der Waals surface area contributed by atoms with Crippen LogP contribution in [0.25, 0.3) is 10.8 Å². The Morgan fingerprint density at radius 3 is 2.45 bits per heavy atom. The molecule has 0 fully saturated rings. The second-order valence-corrected chi connectivity index (χ2v) is 6.25. The van der Waals surface area contributed by atoms with E-state index in [0.717, 1.165) is 10.8 Å². The van der Waals surface area contributed by atoms with Crippen molar-refractivity contribution in [3.63, 3.8) is 0 Å². The number of carbonyl (C=O) groups is 3. The Labute approximate surface area is 167 Å². The summed E-state index contributed by atoms with van der Waals surface area (Å²) in [5.41, 5.74) is 1.24. The van der Waals surface area contributed by atoms with Crippen molar-refractivity contribution in [2.45, 2.75) is 6.92 Å². The Morgan fingerprint density at radius 2 is 1.69 bits per heavy atom. The van der Waals surface area contributed by atoms with Crippen LogP contribution in [0.5, 0.6) is 5.75 Å². The predicted octanol–water partition coefficient (Wildman–Crippen LogP) is 3.60. The average molecular weight is 392 g/mol. The molecule has 7 nitrogen and oxygen atoms in total. The van der Waals surface area contributed by atoms with E-state index in [9.17, 15) is 14.4 Å². The molecule has 0 saturated carbocycles. The van der Waals surface area contributed by atoms with Crippen molar-refractivity contribution < 1.29 is 23.9 Å². The summed E-state index contributed by atoms with van der Waals surface area (Å²) in [6, 6.07) is 17.6. The number of fused-ring (bicyclic) bond motifs is 1. The Morgan fingerprint density at radius 1 is 0.931 bits per heavy atom. The van der Waals surface area contributed by atoms with Gasteiger partial charge in [-0.05, 0) is 35.0 Å². The number of ether oxygens (including phenoxy) is 2. The maximum atomic E-state index is 12.4. The molecule has 0 aliphatic rings. The number of amides is 2. The Kier molecular flexibility index (Phi) is 6.09. The molecule has 0 radical (unpaired) electrons. The lowest BCUT2D eigenvalue weighted by atomic mass is 10.1. The van der Waals surface area contributed by atoms with Crippen LogP contribution >= 0.6 is 0 Å². The Bertz CT molecular complexity index is 1070. The first-order chi connectivity index (χ1) is 14.0. The number of esters is 1. The molecule has 0 saturated heterocycles. The molecule has 7 heteroatoms. The second kappa shape index (κ2) is 8.88. The van der Waals surface area contributed by atoms with E-state index in [1.165, 1.54) is 14.0 Å². The summed E-state index contributed by atoms with van der Waals surface area (Å²) in [7, 11) is 1.46. The maximum Gasteiger partial charge on any atom is 0.339 e. The third-order valence-corrected chi connectivity index (χ3v) is 4.14. The van der Waals surface area contributed by atoms with Gasteiger partial charge in [-0.25, -0.2) is 4.79 Å². The van der Waals surface area contributed by atoms with Crippen molar-refractivity contribution in [3.05, 3.63) is 66.2 Å². The molecule has 3 aromatic carbocycles. The highest BCUT2D eigenvalue weighted by atomic mass is 16.5. The lowest BCUT2D eigenvalue weighted by molar-refractivity contribution is -0.119. The summed E-state index contributed by atoms with van der Waals surface area (Å²) in [5.74, 6) is -0.947. The molecule has 0 aromatic heterocycles. The Hall–Kier alpha value is -3.87. The van der Waals surface area contributed by atoms with Crippen LogP contribution in [0.3, 0.4) is 0 Å². The smallest absolute Gasteiger partial charge is 0.339 e. The quantitative estimate of drug-likeness (QED) is 0.625. The van der Waals surface area contributed by atoms with Gasteiger partial charge in [0.1, 0.15) is 5.75 Å². The van der Waals surface area contributed by atoms with Gasteiger partial charge in [-0.15, -0.1) is 0 Å². The molecular weight excluding hydrogens is 372 g/mol. The lowest BCUT2D eigenvalue weighted by Gasteiger charge is -2.13. The standard InChI is InChI=1S/C22H20N2O5/c1-14(25)23-16-10-11-20(28-2)19(12-16)24-21(26)13-29-22(27)18-9-5-7-15-6-3-4-8-17(15)18/h3-12H,13H2,1-2H3,(H,23,25)(H,24,26). The molecule has 148 valence electrons. The highest BCUT2D eigenvalue weighted by Gasteiger charge is 2.15. The van der Waals surface area contributed by atoms with E-state index in [0.29, 0.717) is 22.7 Å². The van der Waals surface area contributed by atoms with Gasteiger partial charge in [0, 0.05) is 12.6 Å². The van der Waals surface area contributed by atoms with Gasteiger partial charge in [0.15, 0.2) is 6.61 Å². The van der Waals surface area contributed by atoms with Crippen molar-refractivity contribution in [2.24, 2.45) is 0 Å². The summed E-state index contributed by atoms with van der Waals surface area (Å²) >= 11 is 0. The molecule has 0 aliphatic carbocycles. The van der Waals surface area contributed by atoms with Gasteiger partial charge in [0.05, 0.1) is 18.4 Å². The maximum absolute atomic E-state index is 12.4. The van der Waals surface area contributed by atoms with E-state index in [1.54, 1.807) is 30.3 Å². The van der Waals surface area contributed by atoms with Crippen molar-refractivity contribution in [1.82, 2.24) is 0 Å². The van der Waals surface area contributed by atoms with Crippen LogP contribution in [0.2, 0.25) is 0 Å². The van der Waals surface area contributed by atoms with E-state index in [-0.39, 0.29) is 5.91 Å². The molecule has 0 atom stereocenters.